The van der Waals surface area contributed by atoms with Crippen molar-refractivity contribution in [2.45, 2.75) is 19.8 Å². The van der Waals surface area contributed by atoms with Gasteiger partial charge in [0.05, 0.1) is 40.0 Å². The number of halogens is 2. The molecule has 1 amide bonds. The number of thiophene rings is 1. The Balaban J connectivity index is 1.44. The van der Waals surface area contributed by atoms with Gasteiger partial charge in [-0.15, -0.1) is 11.3 Å². The van der Waals surface area contributed by atoms with Crippen molar-refractivity contribution in [1.82, 2.24) is 30.1 Å². The minimum atomic E-state index is -0.596. The second kappa shape index (κ2) is 9.17. The Kier molecular flexibility index (Phi) is 5.68. The van der Waals surface area contributed by atoms with Crippen molar-refractivity contribution in [2.24, 2.45) is 0 Å². The van der Waals surface area contributed by atoms with Crippen molar-refractivity contribution in [1.29, 1.82) is 0 Å². The van der Waals surface area contributed by atoms with Crippen LogP contribution in [-0.4, -0.2) is 36.0 Å². The molecule has 3 N–H and O–H groups in total. The predicted octanol–water partition coefficient (Wildman–Crippen LogP) is 6.31. The van der Waals surface area contributed by atoms with Crippen LogP contribution in [0.1, 0.15) is 19.8 Å². The summed E-state index contributed by atoms with van der Waals surface area (Å²) < 4.78 is 29.6. The summed E-state index contributed by atoms with van der Waals surface area (Å²) in [6.45, 7) is 1.91. The fourth-order valence-electron chi connectivity index (χ4n) is 4.24. The van der Waals surface area contributed by atoms with Crippen LogP contribution in [0.25, 0.3) is 55.2 Å². The van der Waals surface area contributed by atoms with Gasteiger partial charge in [-0.3, -0.25) is 19.9 Å². The molecule has 0 atom stereocenters. The van der Waals surface area contributed by atoms with E-state index >= 15 is 4.39 Å². The normalized spacial score (nSPS) is 11.4. The predicted molar refractivity (Wildman–Crippen MR) is 139 cm³/mol. The Morgan fingerprint density at radius 2 is 1.97 bits per heavy atom. The van der Waals surface area contributed by atoms with Gasteiger partial charge in [-0.2, -0.15) is 9.49 Å². The zero-order chi connectivity index (χ0) is 25.5. The summed E-state index contributed by atoms with van der Waals surface area (Å²) in [4.78, 5) is 29.1. The monoisotopic (exact) mass is 515 g/mol. The molecule has 0 spiro atoms. The van der Waals surface area contributed by atoms with E-state index in [1.54, 1.807) is 12.1 Å². The first-order valence-electron chi connectivity index (χ1n) is 11.5. The number of rotatable bonds is 6. The maximum absolute atomic E-state index is 15.9. The van der Waals surface area contributed by atoms with E-state index in [0.717, 1.165) is 21.8 Å². The fourth-order valence-corrected chi connectivity index (χ4v) is 5.00. The first kappa shape index (κ1) is 22.9. The number of carbonyl (C=O) groups excluding carboxylic acids is 1. The summed E-state index contributed by atoms with van der Waals surface area (Å²) in [5.74, 6) is -0.376. The summed E-state index contributed by atoms with van der Waals surface area (Å²) in [7, 11) is 0. The van der Waals surface area contributed by atoms with Crippen molar-refractivity contribution in [3.63, 3.8) is 0 Å². The average Bonchev–Trinajstić information content (AvgIpc) is 3.62. The van der Waals surface area contributed by atoms with Crippen LogP contribution in [0.15, 0.2) is 55.0 Å². The van der Waals surface area contributed by atoms with Crippen LogP contribution in [-0.2, 0) is 4.79 Å². The Bertz CT molecular complexity index is 1790. The van der Waals surface area contributed by atoms with Crippen LogP contribution in [0.3, 0.4) is 0 Å². The van der Waals surface area contributed by atoms with Gasteiger partial charge >= 0.3 is 0 Å². The van der Waals surface area contributed by atoms with E-state index in [1.807, 2.05) is 25.1 Å². The third-order valence-corrected chi connectivity index (χ3v) is 6.80. The lowest BCUT2D eigenvalue weighted by Crippen LogP contribution is -2.10. The molecule has 11 heteroatoms. The van der Waals surface area contributed by atoms with Gasteiger partial charge in [0.1, 0.15) is 11.4 Å². The molecule has 0 bridgehead atoms. The number of aromatic nitrogens is 6. The largest absolute Gasteiger partial charge is 0.337 e. The van der Waals surface area contributed by atoms with E-state index in [-0.39, 0.29) is 27.8 Å². The van der Waals surface area contributed by atoms with Gasteiger partial charge in [0.2, 0.25) is 5.91 Å². The maximum Gasteiger partial charge on any atom is 0.224 e. The number of aromatic amines is 2. The van der Waals surface area contributed by atoms with E-state index in [4.69, 9.17) is 4.98 Å². The lowest BCUT2D eigenvalue weighted by Gasteiger charge is -2.07. The Labute approximate surface area is 212 Å². The molecule has 37 heavy (non-hydrogen) atoms. The van der Waals surface area contributed by atoms with E-state index in [2.05, 4.69) is 30.5 Å². The zero-order valence-electron chi connectivity index (χ0n) is 19.5. The van der Waals surface area contributed by atoms with Gasteiger partial charge in [0.25, 0.3) is 0 Å². The minimum Gasteiger partial charge on any atom is -0.337 e. The number of nitrogens with zero attached hydrogens (tertiary/aromatic N) is 4. The summed E-state index contributed by atoms with van der Waals surface area (Å²) in [5, 5.41) is 9.83. The quantitative estimate of drug-likeness (QED) is 0.241. The summed E-state index contributed by atoms with van der Waals surface area (Å²) in [5.41, 5.74) is 3.74. The Morgan fingerprint density at radius 3 is 2.78 bits per heavy atom. The molecule has 1 aromatic carbocycles. The van der Waals surface area contributed by atoms with Gasteiger partial charge < -0.3 is 10.3 Å². The number of benzene rings is 1. The van der Waals surface area contributed by atoms with E-state index < -0.39 is 5.82 Å². The molecule has 0 aliphatic heterocycles. The van der Waals surface area contributed by atoms with Gasteiger partial charge in [0, 0.05) is 28.6 Å². The highest BCUT2D eigenvalue weighted by Crippen LogP contribution is 2.36. The molecule has 0 aliphatic rings. The summed E-state index contributed by atoms with van der Waals surface area (Å²) >= 11 is 1.03. The fraction of sp³-hybridized carbons (Fsp3) is 0.115. The highest BCUT2D eigenvalue weighted by Gasteiger charge is 2.21. The van der Waals surface area contributed by atoms with Crippen LogP contribution >= 0.6 is 11.3 Å². The molecule has 6 rings (SSSR count). The number of fused-ring (bicyclic) bond motifs is 2. The third-order valence-electron chi connectivity index (χ3n) is 5.89. The van der Waals surface area contributed by atoms with Crippen molar-refractivity contribution in [2.75, 3.05) is 5.32 Å². The van der Waals surface area contributed by atoms with Crippen LogP contribution in [0.2, 0.25) is 0 Å². The molecule has 184 valence electrons. The van der Waals surface area contributed by atoms with Gasteiger partial charge in [-0.1, -0.05) is 19.1 Å². The van der Waals surface area contributed by atoms with Crippen molar-refractivity contribution in [3.05, 3.63) is 65.9 Å². The smallest absolute Gasteiger partial charge is 0.224 e. The highest BCUT2D eigenvalue weighted by atomic mass is 32.1. The number of hydrogen-bond acceptors (Lipinski definition) is 6. The summed E-state index contributed by atoms with van der Waals surface area (Å²) in [6.07, 6.45) is 5.57. The molecule has 0 saturated heterocycles. The zero-order valence-corrected chi connectivity index (χ0v) is 20.3. The molecule has 6 aromatic rings. The first-order valence-corrected chi connectivity index (χ1v) is 12.4. The Hall–Kier alpha value is -4.51. The van der Waals surface area contributed by atoms with Crippen molar-refractivity contribution >= 4 is 44.9 Å². The molecule has 5 heterocycles. The highest BCUT2D eigenvalue weighted by molar-refractivity contribution is 7.14. The standard InChI is InChI=1S/C26H19F2N7OS/c1-2-4-20(36)31-14-9-13(10-29-11-14)23-22(28)21-17(12-30-23)34-35-25(21)26-32-16-6-3-5-15(24(16)33-26)18-7-8-19(27)37-18/h3,5-12H,2,4H2,1H3,(H,31,36)(H,32,33)(H,34,35). The number of carbonyl (C=O) groups is 1. The molecule has 0 unspecified atom stereocenters. The molecule has 0 saturated carbocycles. The van der Waals surface area contributed by atoms with Crippen molar-refractivity contribution in [3.8, 4) is 33.2 Å². The van der Waals surface area contributed by atoms with Gasteiger partial charge in [-0.25, -0.2) is 9.37 Å². The molecule has 8 nitrogen and oxygen atoms in total. The Morgan fingerprint density at radius 1 is 1.08 bits per heavy atom. The van der Waals surface area contributed by atoms with Crippen molar-refractivity contribution < 1.29 is 13.6 Å². The number of imidazole rings is 1. The molecule has 0 radical (unpaired) electrons. The van der Waals surface area contributed by atoms with E-state index in [1.165, 1.54) is 24.7 Å². The van der Waals surface area contributed by atoms with Crippen LogP contribution in [0.5, 0.6) is 0 Å². The number of anilines is 1. The summed E-state index contributed by atoms with van der Waals surface area (Å²) in [6, 6.07) is 10.3. The maximum atomic E-state index is 15.9. The number of H-pyrrole nitrogens is 2. The number of nitrogens with one attached hydrogen (secondary N) is 3. The topological polar surface area (TPSA) is 112 Å². The number of amides is 1. The lowest BCUT2D eigenvalue weighted by atomic mass is 10.1. The molecule has 0 fully saturated rings. The van der Waals surface area contributed by atoms with Gasteiger partial charge in [0.15, 0.2) is 16.8 Å². The van der Waals surface area contributed by atoms with Crippen LogP contribution < -0.4 is 5.32 Å². The second-order valence-corrected chi connectivity index (χ2v) is 9.47. The average molecular weight is 516 g/mol. The van der Waals surface area contributed by atoms with Crippen LogP contribution in [0, 0.1) is 10.9 Å². The third kappa shape index (κ3) is 4.12. The number of pyridine rings is 2. The van der Waals surface area contributed by atoms with Gasteiger partial charge in [-0.05, 0) is 30.7 Å². The molecular formula is C26H19F2N7OS. The molecular weight excluding hydrogens is 496 g/mol. The minimum absolute atomic E-state index is 0.0695. The second-order valence-electron chi connectivity index (χ2n) is 8.43. The SMILES string of the molecule is CCCC(=O)Nc1cncc(-c2ncc3[nH]nc(-c4nc5c(-c6ccc(F)s6)cccc5[nH]4)c3c2F)c1. The van der Waals surface area contributed by atoms with Crippen LogP contribution in [0.4, 0.5) is 14.5 Å². The lowest BCUT2D eigenvalue weighted by molar-refractivity contribution is -0.116. The number of hydrogen-bond donors (Lipinski definition) is 3. The van der Waals surface area contributed by atoms with E-state index in [0.29, 0.717) is 46.5 Å². The molecule has 0 aliphatic carbocycles. The molecule has 5 aromatic heterocycles. The van der Waals surface area contributed by atoms with E-state index in [9.17, 15) is 9.18 Å². The number of para-hydroxylation sites is 1. The first-order chi connectivity index (χ1) is 18.0.